The Labute approximate surface area is 120 Å². The monoisotopic (exact) mass is 298 g/mol. The van der Waals surface area contributed by atoms with Crippen molar-refractivity contribution in [2.75, 3.05) is 17.7 Å². The molecule has 3 nitrogen and oxygen atoms in total. The molecule has 6 heteroatoms. The summed E-state index contributed by atoms with van der Waals surface area (Å²) in [5, 5.41) is 2.96. The van der Waals surface area contributed by atoms with Crippen LogP contribution in [-0.4, -0.2) is 6.61 Å². The van der Waals surface area contributed by atoms with Crippen molar-refractivity contribution in [2.24, 2.45) is 0 Å². The molecule has 0 aliphatic carbocycles. The Bertz CT molecular complexity index is 615. The second kappa shape index (κ2) is 5.96. The van der Waals surface area contributed by atoms with Crippen LogP contribution in [0.1, 0.15) is 6.92 Å². The van der Waals surface area contributed by atoms with E-state index < -0.39 is 11.6 Å². The number of nitrogens with two attached hydrogens (primary N) is 1. The Morgan fingerprint density at radius 2 is 2.00 bits per heavy atom. The Hall–Kier alpha value is -2.01. The summed E-state index contributed by atoms with van der Waals surface area (Å²) in [5.74, 6) is -1.06. The quantitative estimate of drug-likeness (QED) is 0.825. The molecule has 2 aromatic rings. The fourth-order valence-electron chi connectivity index (χ4n) is 1.70. The lowest BCUT2D eigenvalue weighted by atomic mass is 10.2. The molecule has 0 amide bonds. The largest absolute Gasteiger partial charge is 0.491 e. The van der Waals surface area contributed by atoms with Crippen LogP contribution >= 0.6 is 11.6 Å². The average molecular weight is 299 g/mol. The van der Waals surface area contributed by atoms with Gasteiger partial charge in [0.25, 0.3) is 0 Å². The number of hydrogen-bond donors (Lipinski definition) is 2. The van der Waals surface area contributed by atoms with E-state index in [0.717, 1.165) is 6.07 Å². The highest BCUT2D eigenvalue weighted by molar-refractivity contribution is 6.33. The van der Waals surface area contributed by atoms with Crippen LogP contribution < -0.4 is 15.8 Å². The minimum atomic E-state index is -0.575. The number of nitrogens with one attached hydrogen (secondary N) is 1. The molecule has 0 unspecified atom stereocenters. The summed E-state index contributed by atoms with van der Waals surface area (Å²) < 4.78 is 32.4. The van der Waals surface area contributed by atoms with Crippen LogP contribution in [0.3, 0.4) is 0 Å². The van der Waals surface area contributed by atoms with Crippen LogP contribution in [-0.2, 0) is 0 Å². The first-order valence-corrected chi connectivity index (χ1v) is 6.33. The molecule has 20 heavy (non-hydrogen) atoms. The summed E-state index contributed by atoms with van der Waals surface area (Å²) in [7, 11) is 0. The summed E-state index contributed by atoms with van der Waals surface area (Å²) in [6.45, 7) is 2.04. The first kappa shape index (κ1) is 14.4. The molecule has 0 fully saturated rings. The predicted octanol–water partition coefficient (Wildman–Crippen LogP) is 4.34. The van der Waals surface area contributed by atoms with E-state index >= 15 is 0 Å². The topological polar surface area (TPSA) is 47.3 Å². The fourth-order valence-corrected chi connectivity index (χ4v) is 1.91. The van der Waals surface area contributed by atoms with E-state index in [0.29, 0.717) is 12.3 Å². The maximum atomic E-state index is 13.7. The van der Waals surface area contributed by atoms with E-state index in [1.807, 2.05) is 0 Å². The van der Waals surface area contributed by atoms with Gasteiger partial charge in [0.1, 0.15) is 5.82 Å². The van der Waals surface area contributed by atoms with Crippen LogP contribution in [0.4, 0.5) is 25.8 Å². The van der Waals surface area contributed by atoms with Gasteiger partial charge in [0.15, 0.2) is 11.6 Å². The highest BCUT2D eigenvalue weighted by Gasteiger charge is 2.12. The van der Waals surface area contributed by atoms with Crippen molar-refractivity contribution in [2.45, 2.75) is 6.92 Å². The number of ether oxygens (including phenoxy) is 1. The first-order chi connectivity index (χ1) is 9.52. The number of benzene rings is 2. The third-order valence-corrected chi connectivity index (χ3v) is 2.94. The van der Waals surface area contributed by atoms with Gasteiger partial charge >= 0.3 is 0 Å². The molecule has 0 saturated carbocycles. The third-order valence-electron chi connectivity index (χ3n) is 2.63. The van der Waals surface area contributed by atoms with Crippen molar-refractivity contribution in [1.29, 1.82) is 0 Å². The normalized spacial score (nSPS) is 10.4. The zero-order valence-corrected chi connectivity index (χ0v) is 11.5. The molecule has 3 N–H and O–H groups in total. The second-order valence-corrected chi connectivity index (χ2v) is 4.43. The maximum absolute atomic E-state index is 13.7. The van der Waals surface area contributed by atoms with Gasteiger partial charge in [-0.2, -0.15) is 0 Å². The number of halogens is 3. The molecule has 0 saturated heterocycles. The molecule has 0 aromatic heterocycles. The summed E-state index contributed by atoms with van der Waals surface area (Å²) in [6.07, 6.45) is 0. The molecule has 106 valence electrons. The van der Waals surface area contributed by atoms with E-state index in [1.165, 1.54) is 24.3 Å². The lowest BCUT2D eigenvalue weighted by Gasteiger charge is -2.14. The number of rotatable bonds is 4. The van der Waals surface area contributed by atoms with E-state index in [1.54, 1.807) is 6.92 Å². The van der Waals surface area contributed by atoms with Gasteiger partial charge in [0, 0.05) is 12.1 Å². The fraction of sp³-hybridized carbons (Fsp3) is 0.143. The molecule has 0 atom stereocenters. The Kier molecular flexibility index (Phi) is 4.29. The van der Waals surface area contributed by atoms with Crippen molar-refractivity contribution < 1.29 is 13.5 Å². The molecule has 0 aliphatic heterocycles. The molecule has 2 rings (SSSR count). The highest BCUT2D eigenvalue weighted by Crippen LogP contribution is 2.34. The minimum absolute atomic E-state index is 0.0386. The van der Waals surface area contributed by atoms with Gasteiger partial charge < -0.3 is 15.8 Å². The Balaban J connectivity index is 2.40. The Morgan fingerprint density at radius 3 is 2.65 bits per heavy atom. The summed E-state index contributed by atoms with van der Waals surface area (Å²) in [4.78, 5) is 0. The number of anilines is 3. The van der Waals surface area contributed by atoms with Gasteiger partial charge in [0.2, 0.25) is 0 Å². The van der Waals surface area contributed by atoms with Crippen LogP contribution in [0.15, 0.2) is 30.3 Å². The van der Waals surface area contributed by atoms with Gasteiger partial charge in [-0.1, -0.05) is 17.7 Å². The minimum Gasteiger partial charge on any atom is -0.491 e. The lowest BCUT2D eigenvalue weighted by molar-refractivity contribution is 0.322. The number of nitrogen functional groups attached to an aromatic ring is 1. The summed E-state index contributed by atoms with van der Waals surface area (Å²) >= 11 is 5.92. The average Bonchev–Trinajstić information content (AvgIpc) is 2.39. The molecule has 2 aromatic carbocycles. The molecular weight excluding hydrogens is 286 g/mol. The van der Waals surface area contributed by atoms with Crippen LogP contribution in [0.25, 0.3) is 0 Å². The standard InChI is InChI=1S/C14H13ClF2N2O/c1-2-20-13-7-12(11(18)6-10(13)17)19-14-8(15)4-3-5-9(14)16/h3-7,19H,2,18H2,1H3. The SMILES string of the molecule is CCOc1cc(Nc2c(F)cccc2Cl)c(N)cc1F. The molecule has 0 aliphatic rings. The first-order valence-electron chi connectivity index (χ1n) is 5.95. The third kappa shape index (κ3) is 2.93. The molecule has 0 bridgehead atoms. The molecule has 0 heterocycles. The van der Waals surface area contributed by atoms with Crippen LogP contribution in [0, 0.1) is 11.6 Å². The maximum Gasteiger partial charge on any atom is 0.167 e. The van der Waals surface area contributed by atoms with Gasteiger partial charge in [0.05, 0.1) is 28.7 Å². The van der Waals surface area contributed by atoms with Crippen molar-refractivity contribution >= 4 is 28.7 Å². The Morgan fingerprint density at radius 1 is 1.25 bits per heavy atom. The van der Waals surface area contributed by atoms with Crippen molar-refractivity contribution in [3.8, 4) is 5.75 Å². The zero-order valence-electron chi connectivity index (χ0n) is 10.7. The molecule has 0 spiro atoms. The summed E-state index contributed by atoms with van der Waals surface area (Å²) in [5.41, 5.74) is 6.24. The van der Waals surface area contributed by atoms with Gasteiger partial charge in [-0.15, -0.1) is 0 Å². The van der Waals surface area contributed by atoms with E-state index in [2.05, 4.69) is 5.32 Å². The second-order valence-electron chi connectivity index (χ2n) is 4.02. The van der Waals surface area contributed by atoms with Gasteiger partial charge in [-0.3, -0.25) is 0 Å². The van der Waals surface area contributed by atoms with Crippen molar-refractivity contribution in [1.82, 2.24) is 0 Å². The van der Waals surface area contributed by atoms with E-state index in [4.69, 9.17) is 22.1 Å². The molecule has 0 radical (unpaired) electrons. The zero-order chi connectivity index (χ0) is 14.7. The van der Waals surface area contributed by atoms with E-state index in [-0.39, 0.29) is 22.1 Å². The summed E-state index contributed by atoms with van der Waals surface area (Å²) in [6, 6.07) is 6.77. The van der Waals surface area contributed by atoms with Gasteiger partial charge in [-0.25, -0.2) is 8.78 Å². The smallest absolute Gasteiger partial charge is 0.167 e. The van der Waals surface area contributed by atoms with Crippen LogP contribution in [0.2, 0.25) is 5.02 Å². The molecular formula is C14H13ClF2N2O. The van der Waals surface area contributed by atoms with Gasteiger partial charge in [-0.05, 0) is 19.1 Å². The number of hydrogen-bond acceptors (Lipinski definition) is 3. The van der Waals surface area contributed by atoms with Crippen molar-refractivity contribution in [3.05, 3.63) is 47.0 Å². The highest BCUT2D eigenvalue weighted by atomic mass is 35.5. The van der Waals surface area contributed by atoms with Crippen LogP contribution in [0.5, 0.6) is 5.75 Å². The van der Waals surface area contributed by atoms with E-state index in [9.17, 15) is 8.78 Å². The lowest BCUT2D eigenvalue weighted by Crippen LogP contribution is -2.02. The predicted molar refractivity (Wildman–Crippen MR) is 76.7 cm³/mol. The van der Waals surface area contributed by atoms with Crippen molar-refractivity contribution in [3.63, 3.8) is 0 Å². The number of para-hydroxylation sites is 1.